The number of carbonyl (C=O) groups is 1. The van der Waals surface area contributed by atoms with Gasteiger partial charge in [-0.15, -0.1) is 0 Å². The third kappa shape index (κ3) is 3.49. The average molecular weight is 301 g/mol. The molecule has 2 aromatic heterocycles. The highest BCUT2D eigenvalue weighted by molar-refractivity contribution is 5.99. The van der Waals surface area contributed by atoms with Gasteiger partial charge in [0.15, 0.2) is 5.69 Å². The molecule has 0 spiro atoms. The zero-order valence-corrected chi connectivity index (χ0v) is 14.2. The van der Waals surface area contributed by atoms with Crippen molar-refractivity contribution in [2.45, 2.75) is 47.0 Å². The number of imidazole rings is 1. The molecule has 2 aromatic rings. The van der Waals surface area contributed by atoms with Crippen molar-refractivity contribution >= 4 is 11.4 Å². The zero-order valence-electron chi connectivity index (χ0n) is 14.2. The van der Waals surface area contributed by atoms with Crippen LogP contribution in [0.2, 0.25) is 0 Å². The molecule has 1 amide bonds. The van der Waals surface area contributed by atoms with Gasteiger partial charge in [0.2, 0.25) is 0 Å². The van der Waals surface area contributed by atoms with Gasteiger partial charge >= 0.3 is 0 Å². The third-order valence-electron chi connectivity index (χ3n) is 3.69. The molecule has 0 N–H and O–H groups in total. The summed E-state index contributed by atoms with van der Waals surface area (Å²) in [6.45, 7) is 10.1. The maximum Gasteiger partial charge on any atom is 0.274 e. The van der Waals surface area contributed by atoms with Gasteiger partial charge in [0.25, 0.3) is 5.91 Å². The van der Waals surface area contributed by atoms with E-state index < -0.39 is 0 Å². The Balaban J connectivity index is 2.43. The van der Waals surface area contributed by atoms with E-state index in [4.69, 9.17) is 0 Å². The Bertz CT molecular complexity index is 624. The summed E-state index contributed by atoms with van der Waals surface area (Å²) >= 11 is 0. The fourth-order valence-corrected chi connectivity index (χ4v) is 2.77. The fraction of sp³-hybridized carbons (Fsp3) is 0.556. The van der Waals surface area contributed by atoms with E-state index in [-0.39, 0.29) is 5.91 Å². The van der Waals surface area contributed by atoms with Gasteiger partial charge in [-0.25, -0.2) is 4.98 Å². The molecule has 0 fully saturated rings. The lowest BCUT2D eigenvalue weighted by molar-refractivity contribution is 0.0752. The molecule has 0 aliphatic heterocycles. The number of amides is 1. The van der Waals surface area contributed by atoms with Gasteiger partial charge in [-0.2, -0.15) is 0 Å². The van der Waals surface area contributed by atoms with E-state index >= 15 is 0 Å². The van der Waals surface area contributed by atoms with Crippen LogP contribution in [-0.2, 0) is 6.42 Å². The van der Waals surface area contributed by atoms with Crippen molar-refractivity contribution in [2.75, 3.05) is 13.1 Å². The Kier molecular flexibility index (Phi) is 5.58. The van der Waals surface area contributed by atoms with Crippen LogP contribution in [0.5, 0.6) is 0 Å². The molecule has 0 radical (unpaired) electrons. The molecule has 2 heterocycles. The number of pyridine rings is 1. The number of hydrogen-bond acceptors (Lipinski definition) is 2. The molecule has 0 aliphatic carbocycles. The van der Waals surface area contributed by atoms with Crippen LogP contribution in [0, 0.1) is 5.92 Å². The maximum atomic E-state index is 12.9. The number of rotatable bonds is 7. The lowest BCUT2D eigenvalue weighted by Gasteiger charge is -2.20. The van der Waals surface area contributed by atoms with Crippen molar-refractivity contribution in [2.24, 2.45) is 5.92 Å². The van der Waals surface area contributed by atoms with Gasteiger partial charge in [-0.3, -0.25) is 4.79 Å². The molecular formula is C18H27N3O. The summed E-state index contributed by atoms with van der Waals surface area (Å²) in [6, 6.07) is 5.94. The first-order valence-electron chi connectivity index (χ1n) is 8.33. The van der Waals surface area contributed by atoms with Gasteiger partial charge < -0.3 is 9.30 Å². The quantitative estimate of drug-likeness (QED) is 0.780. The molecular weight excluding hydrogens is 274 g/mol. The van der Waals surface area contributed by atoms with E-state index in [0.29, 0.717) is 11.6 Å². The van der Waals surface area contributed by atoms with Crippen LogP contribution in [0.15, 0.2) is 24.4 Å². The number of carbonyl (C=O) groups excluding carboxylic acids is 1. The van der Waals surface area contributed by atoms with E-state index in [1.165, 1.54) is 0 Å². The van der Waals surface area contributed by atoms with Gasteiger partial charge in [0.05, 0.1) is 5.52 Å². The second-order valence-electron chi connectivity index (χ2n) is 6.22. The Labute approximate surface area is 133 Å². The minimum Gasteiger partial charge on any atom is -0.337 e. The summed E-state index contributed by atoms with van der Waals surface area (Å²) in [4.78, 5) is 19.5. The Morgan fingerprint density at radius 1 is 1.23 bits per heavy atom. The van der Waals surface area contributed by atoms with E-state index in [9.17, 15) is 4.79 Å². The summed E-state index contributed by atoms with van der Waals surface area (Å²) in [5, 5.41) is 0. The van der Waals surface area contributed by atoms with Gasteiger partial charge in [-0.1, -0.05) is 33.8 Å². The van der Waals surface area contributed by atoms with Crippen LogP contribution < -0.4 is 0 Å². The topological polar surface area (TPSA) is 37.6 Å². The van der Waals surface area contributed by atoms with E-state index in [1.807, 2.05) is 29.3 Å². The normalized spacial score (nSPS) is 11.3. The van der Waals surface area contributed by atoms with Crippen molar-refractivity contribution in [1.82, 2.24) is 14.3 Å². The highest BCUT2D eigenvalue weighted by atomic mass is 16.2. The largest absolute Gasteiger partial charge is 0.337 e. The maximum absolute atomic E-state index is 12.9. The second kappa shape index (κ2) is 7.43. The molecule has 2 rings (SSSR count). The van der Waals surface area contributed by atoms with E-state index in [0.717, 1.165) is 43.7 Å². The lowest BCUT2D eigenvalue weighted by Crippen LogP contribution is -2.32. The molecule has 0 unspecified atom stereocenters. The molecule has 0 atom stereocenters. The number of hydrogen-bond donors (Lipinski definition) is 0. The molecule has 0 saturated carbocycles. The van der Waals surface area contributed by atoms with Crippen molar-refractivity contribution in [3.63, 3.8) is 0 Å². The molecule has 0 aliphatic rings. The Hall–Kier alpha value is -1.84. The molecule has 4 heteroatoms. The van der Waals surface area contributed by atoms with Crippen LogP contribution in [-0.4, -0.2) is 33.3 Å². The molecule has 120 valence electrons. The Morgan fingerprint density at radius 2 is 1.91 bits per heavy atom. The van der Waals surface area contributed by atoms with Crippen molar-refractivity contribution < 1.29 is 4.79 Å². The first kappa shape index (κ1) is 16.5. The predicted octanol–water partition coefficient (Wildman–Crippen LogP) is 3.80. The van der Waals surface area contributed by atoms with E-state index in [1.54, 1.807) is 0 Å². The van der Waals surface area contributed by atoms with Crippen LogP contribution in [0.1, 0.15) is 56.8 Å². The zero-order chi connectivity index (χ0) is 16.1. The highest BCUT2D eigenvalue weighted by Gasteiger charge is 2.22. The lowest BCUT2D eigenvalue weighted by atomic mass is 10.1. The molecule has 4 nitrogen and oxygen atoms in total. The van der Waals surface area contributed by atoms with Gasteiger partial charge in [0, 0.05) is 25.7 Å². The smallest absolute Gasteiger partial charge is 0.274 e. The number of nitrogens with zero attached hydrogens (tertiary/aromatic N) is 3. The highest BCUT2D eigenvalue weighted by Crippen LogP contribution is 2.18. The standard InChI is InChI=1S/C18H27N3O/c1-5-10-20(11-6-2)18(22)17-15-9-7-8-12-21(15)16(19-17)13-14(3)4/h7-9,12,14H,5-6,10-11,13H2,1-4H3. The van der Waals surface area contributed by atoms with Gasteiger partial charge in [0.1, 0.15) is 5.82 Å². The van der Waals surface area contributed by atoms with Crippen LogP contribution in [0.4, 0.5) is 0 Å². The molecule has 22 heavy (non-hydrogen) atoms. The summed E-state index contributed by atoms with van der Waals surface area (Å²) in [5.74, 6) is 1.54. The summed E-state index contributed by atoms with van der Waals surface area (Å²) in [7, 11) is 0. The second-order valence-corrected chi connectivity index (χ2v) is 6.22. The minimum absolute atomic E-state index is 0.0578. The van der Waals surface area contributed by atoms with E-state index in [2.05, 4.69) is 37.1 Å². The van der Waals surface area contributed by atoms with Crippen molar-refractivity contribution in [1.29, 1.82) is 0 Å². The third-order valence-corrected chi connectivity index (χ3v) is 3.69. The molecule has 0 aromatic carbocycles. The SMILES string of the molecule is CCCN(CCC)C(=O)c1nc(CC(C)C)n2ccccc12. The summed E-state index contributed by atoms with van der Waals surface area (Å²) in [6.07, 6.45) is 4.81. The van der Waals surface area contributed by atoms with Crippen molar-refractivity contribution in [3.8, 4) is 0 Å². The number of fused-ring (bicyclic) bond motifs is 1. The average Bonchev–Trinajstić information content (AvgIpc) is 2.85. The van der Waals surface area contributed by atoms with Gasteiger partial charge in [-0.05, 0) is 30.9 Å². The first-order chi connectivity index (χ1) is 10.6. The Morgan fingerprint density at radius 3 is 2.50 bits per heavy atom. The summed E-state index contributed by atoms with van der Waals surface area (Å²) < 4.78 is 2.06. The van der Waals surface area contributed by atoms with Crippen LogP contribution in [0.3, 0.4) is 0 Å². The first-order valence-corrected chi connectivity index (χ1v) is 8.33. The molecule has 0 saturated heterocycles. The number of aromatic nitrogens is 2. The fourth-order valence-electron chi connectivity index (χ4n) is 2.77. The minimum atomic E-state index is 0.0578. The monoisotopic (exact) mass is 301 g/mol. The molecule has 0 bridgehead atoms. The van der Waals surface area contributed by atoms with Crippen LogP contribution in [0.25, 0.3) is 5.52 Å². The van der Waals surface area contributed by atoms with Crippen molar-refractivity contribution in [3.05, 3.63) is 35.9 Å². The van der Waals surface area contributed by atoms with Crippen LogP contribution >= 0.6 is 0 Å². The summed E-state index contributed by atoms with van der Waals surface area (Å²) in [5.41, 5.74) is 1.51. The predicted molar refractivity (Wildman–Crippen MR) is 90.2 cm³/mol.